The number of halogens is 1. The maximum Gasteiger partial charge on any atom is 0.335 e. The molecule has 0 spiro atoms. The summed E-state index contributed by atoms with van der Waals surface area (Å²) in [6.45, 7) is 3.28. The van der Waals surface area contributed by atoms with Crippen molar-refractivity contribution in [3.8, 4) is 17.0 Å². The predicted octanol–water partition coefficient (Wildman–Crippen LogP) is 2.31. The lowest BCUT2D eigenvalue weighted by atomic mass is 10.1. The summed E-state index contributed by atoms with van der Waals surface area (Å²) in [6.07, 6.45) is 2.33. The lowest BCUT2D eigenvalue weighted by molar-refractivity contribution is -0.128. The van der Waals surface area contributed by atoms with Crippen molar-refractivity contribution in [1.29, 1.82) is 0 Å². The van der Waals surface area contributed by atoms with Gasteiger partial charge in [-0.25, -0.2) is 9.18 Å². The number of H-pyrrole nitrogens is 1. The van der Waals surface area contributed by atoms with Crippen LogP contribution in [0.3, 0.4) is 0 Å². The molecule has 86 valence electrons. The Hall–Kier alpha value is -2.43. The highest BCUT2D eigenvalue weighted by molar-refractivity contribution is 5.84. The van der Waals surface area contributed by atoms with E-state index in [1.807, 2.05) is 0 Å². The molecule has 0 fully saturated rings. The van der Waals surface area contributed by atoms with Gasteiger partial charge in [0.05, 0.1) is 6.20 Å². The number of rotatable bonds is 3. The molecule has 4 nitrogen and oxygen atoms in total. The normalized spacial score (nSPS) is 9.94. The summed E-state index contributed by atoms with van der Waals surface area (Å²) in [7, 11) is 0. The molecule has 0 amide bonds. The van der Waals surface area contributed by atoms with E-state index in [4.69, 9.17) is 4.74 Å². The van der Waals surface area contributed by atoms with Crippen LogP contribution in [-0.2, 0) is 4.79 Å². The highest BCUT2D eigenvalue weighted by Crippen LogP contribution is 2.29. The smallest absolute Gasteiger partial charge is 0.335 e. The summed E-state index contributed by atoms with van der Waals surface area (Å²) in [5, 5.41) is 6.31. The van der Waals surface area contributed by atoms with Crippen LogP contribution in [0.15, 0.2) is 43.1 Å². The standard InChI is InChI=1S/C12H9FN2O2/c1-2-11(16)17-10-7-14-15-12(10)8-5-3-4-6-9(8)13/h2-7H,1H2,(H,14,15). The van der Waals surface area contributed by atoms with Crippen molar-refractivity contribution in [3.05, 3.63) is 48.9 Å². The number of benzene rings is 1. The molecule has 1 aromatic heterocycles. The molecule has 1 aromatic carbocycles. The molecule has 5 heteroatoms. The second-order valence-electron chi connectivity index (χ2n) is 3.21. The van der Waals surface area contributed by atoms with Gasteiger partial charge in [0.15, 0.2) is 5.75 Å². The number of hydrogen-bond donors (Lipinski definition) is 1. The Balaban J connectivity index is 2.40. The van der Waals surface area contributed by atoms with Crippen molar-refractivity contribution < 1.29 is 13.9 Å². The first-order chi connectivity index (χ1) is 8.22. The molecular formula is C12H9FN2O2. The van der Waals surface area contributed by atoms with E-state index in [2.05, 4.69) is 16.8 Å². The average molecular weight is 232 g/mol. The molecule has 17 heavy (non-hydrogen) atoms. The molecule has 1 N–H and O–H groups in total. The van der Waals surface area contributed by atoms with Crippen LogP contribution in [0.4, 0.5) is 4.39 Å². The lowest BCUT2D eigenvalue weighted by Gasteiger charge is -2.03. The summed E-state index contributed by atoms with van der Waals surface area (Å²) < 4.78 is 18.5. The second kappa shape index (κ2) is 4.61. The fourth-order valence-electron chi connectivity index (χ4n) is 1.36. The van der Waals surface area contributed by atoms with E-state index in [9.17, 15) is 9.18 Å². The number of ether oxygens (including phenoxy) is 1. The molecular weight excluding hydrogens is 223 g/mol. The van der Waals surface area contributed by atoms with Gasteiger partial charge >= 0.3 is 5.97 Å². The van der Waals surface area contributed by atoms with Crippen molar-refractivity contribution in [2.24, 2.45) is 0 Å². The Morgan fingerprint density at radius 2 is 2.24 bits per heavy atom. The summed E-state index contributed by atoms with van der Waals surface area (Å²) in [4.78, 5) is 11.1. The fraction of sp³-hybridized carbons (Fsp3) is 0. The van der Waals surface area contributed by atoms with E-state index in [0.29, 0.717) is 5.69 Å². The van der Waals surface area contributed by atoms with Gasteiger partial charge < -0.3 is 4.74 Å². The largest absolute Gasteiger partial charge is 0.419 e. The van der Waals surface area contributed by atoms with Gasteiger partial charge in [0.25, 0.3) is 0 Å². The molecule has 0 saturated heterocycles. The van der Waals surface area contributed by atoms with Crippen molar-refractivity contribution in [2.75, 3.05) is 0 Å². The van der Waals surface area contributed by atoms with Crippen molar-refractivity contribution >= 4 is 5.97 Å². The third-order valence-electron chi connectivity index (χ3n) is 2.12. The summed E-state index contributed by atoms with van der Waals surface area (Å²) in [6, 6.07) is 6.13. The van der Waals surface area contributed by atoms with Gasteiger partial charge in [0, 0.05) is 11.6 Å². The van der Waals surface area contributed by atoms with E-state index in [1.165, 1.54) is 12.3 Å². The van der Waals surface area contributed by atoms with E-state index < -0.39 is 11.8 Å². The van der Waals surface area contributed by atoms with Gasteiger partial charge in [-0.15, -0.1) is 0 Å². The van der Waals surface area contributed by atoms with Crippen LogP contribution in [0.1, 0.15) is 0 Å². The molecule has 0 aliphatic heterocycles. The van der Waals surface area contributed by atoms with Gasteiger partial charge in [0.2, 0.25) is 0 Å². The molecule has 0 aliphatic rings. The number of nitrogens with one attached hydrogen (secondary N) is 1. The van der Waals surface area contributed by atoms with Gasteiger partial charge in [-0.05, 0) is 12.1 Å². The third-order valence-corrected chi connectivity index (χ3v) is 2.12. The number of carbonyl (C=O) groups excluding carboxylic acids is 1. The van der Waals surface area contributed by atoms with Gasteiger partial charge in [-0.1, -0.05) is 18.7 Å². The average Bonchev–Trinajstić information content (AvgIpc) is 2.77. The van der Waals surface area contributed by atoms with Crippen LogP contribution < -0.4 is 4.74 Å². The number of aromatic nitrogens is 2. The molecule has 0 atom stereocenters. The molecule has 1 heterocycles. The Morgan fingerprint density at radius 1 is 1.47 bits per heavy atom. The minimum atomic E-state index is -0.621. The van der Waals surface area contributed by atoms with Gasteiger partial charge in [-0.2, -0.15) is 5.10 Å². The summed E-state index contributed by atoms with van der Waals surface area (Å²) >= 11 is 0. The van der Waals surface area contributed by atoms with Crippen LogP contribution in [-0.4, -0.2) is 16.2 Å². The number of carbonyl (C=O) groups is 1. The van der Waals surface area contributed by atoms with Crippen LogP contribution in [0.5, 0.6) is 5.75 Å². The first-order valence-corrected chi connectivity index (χ1v) is 4.85. The molecule has 2 rings (SSSR count). The van der Waals surface area contributed by atoms with E-state index in [1.54, 1.807) is 18.2 Å². The Morgan fingerprint density at radius 3 is 2.94 bits per heavy atom. The van der Waals surface area contributed by atoms with Crippen molar-refractivity contribution in [1.82, 2.24) is 10.2 Å². The first-order valence-electron chi connectivity index (χ1n) is 4.85. The molecule has 0 bridgehead atoms. The zero-order valence-corrected chi connectivity index (χ0v) is 8.81. The number of aromatic amines is 1. The molecule has 0 saturated carbocycles. The third kappa shape index (κ3) is 2.23. The quantitative estimate of drug-likeness (QED) is 0.652. The zero-order valence-electron chi connectivity index (χ0n) is 8.81. The summed E-state index contributed by atoms with van der Waals surface area (Å²) in [5.41, 5.74) is 0.607. The predicted molar refractivity (Wildman–Crippen MR) is 59.8 cm³/mol. The molecule has 0 radical (unpaired) electrons. The Bertz CT molecular complexity index is 563. The minimum absolute atomic E-state index is 0.167. The minimum Gasteiger partial charge on any atom is -0.419 e. The number of esters is 1. The first kappa shape index (κ1) is 11.1. The van der Waals surface area contributed by atoms with E-state index >= 15 is 0 Å². The molecule has 0 unspecified atom stereocenters. The molecule has 2 aromatic rings. The zero-order chi connectivity index (χ0) is 12.3. The number of nitrogens with zero attached hydrogens (tertiary/aromatic N) is 1. The Kier molecular flexibility index (Phi) is 3.00. The maximum absolute atomic E-state index is 13.5. The van der Waals surface area contributed by atoms with E-state index in [0.717, 1.165) is 6.08 Å². The lowest BCUT2D eigenvalue weighted by Crippen LogP contribution is -2.03. The van der Waals surface area contributed by atoms with Crippen molar-refractivity contribution in [3.63, 3.8) is 0 Å². The van der Waals surface area contributed by atoms with Crippen LogP contribution in [0.25, 0.3) is 11.3 Å². The van der Waals surface area contributed by atoms with E-state index in [-0.39, 0.29) is 11.3 Å². The second-order valence-corrected chi connectivity index (χ2v) is 3.21. The van der Waals surface area contributed by atoms with Gasteiger partial charge in [0.1, 0.15) is 11.5 Å². The van der Waals surface area contributed by atoms with Crippen molar-refractivity contribution in [2.45, 2.75) is 0 Å². The molecule has 0 aliphatic carbocycles. The highest BCUT2D eigenvalue weighted by atomic mass is 19.1. The number of hydrogen-bond acceptors (Lipinski definition) is 3. The highest BCUT2D eigenvalue weighted by Gasteiger charge is 2.14. The maximum atomic E-state index is 13.5. The van der Waals surface area contributed by atoms with Crippen LogP contribution >= 0.6 is 0 Å². The van der Waals surface area contributed by atoms with Crippen LogP contribution in [0.2, 0.25) is 0 Å². The van der Waals surface area contributed by atoms with Crippen LogP contribution in [0, 0.1) is 5.82 Å². The fourth-order valence-corrected chi connectivity index (χ4v) is 1.36. The summed E-state index contributed by atoms with van der Waals surface area (Å²) in [5.74, 6) is -0.878. The SMILES string of the molecule is C=CC(=O)Oc1cn[nH]c1-c1ccccc1F. The van der Waals surface area contributed by atoms with Gasteiger partial charge in [-0.3, -0.25) is 5.10 Å². The topological polar surface area (TPSA) is 55.0 Å². The monoisotopic (exact) mass is 232 g/mol. The Labute approximate surface area is 96.7 Å².